The van der Waals surface area contributed by atoms with E-state index in [9.17, 15) is 24.3 Å². The second-order valence-corrected chi connectivity index (χ2v) is 7.23. The van der Waals surface area contributed by atoms with Crippen molar-refractivity contribution < 1.29 is 24.3 Å². The second-order valence-electron chi connectivity index (χ2n) is 7.23. The molecule has 0 radical (unpaired) electrons. The monoisotopic (exact) mass is 414 g/mol. The maximum absolute atomic E-state index is 13.0. The van der Waals surface area contributed by atoms with Crippen LogP contribution in [0.4, 0.5) is 11.4 Å². The lowest BCUT2D eigenvalue weighted by atomic mass is 10.1. The fourth-order valence-electron chi connectivity index (χ4n) is 3.53. The Morgan fingerprint density at radius 3 is 2.32 bits per heavy atom. The van der Waals surface area contributed by atoms with Crippen molar-refractivity contribution in [3.8, 4) is 0 Å². The summed E-state index contributed by atoms with van der Waals surface area (Å²) in [6, 6.07) is 15.6. The molecule has 0 aromatic heterocycles. The molecule has 0 unspecified atom stereocenters. The Balaban J connectivity index is 1.73. The van der Waals surface area contributed by atoms with E-state index in [1.54, 1.807) is 18.2 Å². The molecule has 4 rings (SSSR count). The number of nitrogens with zero attached hydrogens (tertiary/aromatic N) is 1. The van der Waals surface area contributed by atoms with Crippen LogP contribution in [0.2, 0.25) is 0 Å². The molecule has 3 amide bonds. The number of nitrogens with one attached hydrogen (secondary N) is 1. The van der Waals surface area contributed by atoms with Gasteiger partial charge >= 0.3 is 5.97 Å². The van der Waals surface area contributed by atoms with E-state index >= 15 is 0 Å². The number of benzene rings is 3. The second kappa shape index (κ2) is 7.53. The van der Waals surface area contributed by atoms with Crippen molar-refractivity contribution in [1.82, 2.24) is 0 Å². The highest BCUT2D eigenvalue weighted by Crippen LogP contribution is 2.32. The molecule has 1 aliphatic rings. The summed E-state index contributed by atoms with van der Waals surface area (Å²) in [6.45, 7) is 3.82. The molecular formula is C24H18N2O5. The maximum atomic E-state index is 13.0. The van der Waals surface area contributed by atoms with Crippen LogP contribution in [0.1, 0.15) is 52.6 Å². The van der Waals surface area contributed by atoms with Crippen LogP contribution in [0.25, 0.3) is 0 Å². The highest BCUT2D eigenvalue weighted by Gasteiger charge is 2.38. The zero-order valence-electron chi connectivity index (χ0n) is 16.8. The number of hydrogen-bond acceptors (Lipinski definition) is 4. The third kappa shape index (κ3) is 3.36. The summed E-state index contributed by atoms with van der Waals surface area (Å²) in [5.74, 6) is -2.94. The van der Waals surface area contributed by atoms with Gasteiger partial charge in [-0.1, -0.05) is 24.3 Å². The van der Waals surface area contributed by atoms with E-state index in [1.165, 1.54) is 30.3 Å². The molecular weight excluding hydrogens is 396 g/mol. The number of carbonyl (C=O) groups is 4. The number of para-hydroxylation sites is 1. The largest absolute Gasteiger partial charge is 0.478 e. The number of hydrogen-bond donors (Lipinski definition) is 2. The number of aromatic carboxylic acids is 1. The molecule has 0 saturated carbocycles. The first-order valence-corrected chi connectivity index (χ1v) is 9.52. The summed E-state index contributed by atoms with van der Waals surface area (Å²) < 4.78 is 0. The van der Waals surface area contributed by atoms with Gasteiger partial charge < -0.3 is 10.4 Å². The van der Waals surface area contributed by atoms with E-state index in [1.807, 2.05) is 26.0 Å². The van der Waals surface area contributed by atoms with Crippen molar-refractivity contribution >= 4 is 35.1 Å². The van der Waals surface area contributed by atoms with E-state index in [-0.39, 0.29) is 27.9 Å². The summed E-state index contributed by atoms with van der Waals surface area (Å²) in [6.07, 6.45) is 0. The Bertz CT molecular complexity index is 1280. The number of carbonyl (C=O) groups excluding carboxylic acids is 3. The number of carboxylic acids is 1. The summed E-state index contributed by atoms with van der Waals surface area (Å²) in [7, 11) is 0. The molecule has 31 heavy (non-hydrogen) atoms. The molecule has 0 aliphatic carbocycles. The molecule has 0 spiro atoms. The van der Waals surface area contributed by atoms with Gasteiger partial charge in [-0.2, -0.15) is 0 Å². The minimum Gasteiger partial charge on any atom is -0.478 e. The molecule has 2 N–H and O–H groups in total. The highest BCUT2D eigenvalue weighted by atomic mass is 16.4. The van der Waals surface area contributed by atoms with Gasteiger partial charge in [0, 0.05) is 5.69 Å². The van der Waals surface area contributed by atoms with Gasteiger partial charge in [0.05, 0.1) is 27.9 Å². The Morgan fingerprint density at radius 2 is 1.58 bits per heavy atom. The lowest BCUT2D eigenvalue weighted by Gasteiger charge is -2.18. The van der Waals surface area contributed by atoms with Crippen molar-refractivity contribution in [1.29, 1.82) is 0 Å². The van der Waals surface area contributed by atoms with Crippen molar-refractivity contribution in [2.24, 2.45) is 0 Å². The highest BCUT2D eigenvalue weighted by molar-refractivity contribution is 6.35. The van der Waals surface area contributed by atoms with Crippen LogP contribution < -0.4 is 10.2 Å². The molecule has 7 nitrogen and oxygen atoms in total. The normalized spacial score (nSPS) is 12.6. The van der Waals surface area contributed by atoms with Crippen LogP contribution in [0.5, 0.6) is 0 Å². The minimum absolute atomic E-state index is 0.00496. The number of aryl methyl sites for hydroxylation is 1. The molecule has 7 heteroatoms. The van der Waals surface area contributed by atoms with Crippen LogP contribution in [0.3, 0.4) is 0 Å². The predicted molar refractivity (Wildman–Crippen MR) is 115 cm³/mol. The standard InChI is InChI=1S/C24H18N2O5/c1-13-6-5-8-19(14(13)2)25-21(27)17-7-3-4-9-20(17)26-22(28)16-11-10-15(24(30)31)12-18(16)23(26)29/h3-12H,1-2H3,(H,25,27)(H,30,31). The molecule has 0 fully saturated rings. The Hall–Kier alpha value is -4.26. The molecule has 3 aromatic carbocycles. The lowest BCUT2D eigenvalue weighted by molar-refractivity contribution is 0.0696. The van der Waals surface area contributed by atoms with E-state index in [0.717, 1.165) is 16.0 Å². The van der Waals surface area contributed by atoms with Crippen LogP contribution in [0, 0.1) is 13.8 Å². The number of anilines is 2. The zero-order valence-corrected chi connectivity index (χ0v) is 16.8. The van der Waals surface area contributed by atoms with Gasteiger partial charge in [-0.15, -0.1) is 0 Å². The number of fused-ring (bicyclic) bond motifs is 1. The summed E-state index contributed by atoms with van der Waals surface area (Å²) >= 11 is 0. The van der Waals surface area contributed by atoms with E-state index in [4.69, 9.17) is 0 Å². The third-order valence-electron chi connectivity index (χ3n) is 5.38. The van der Waals surface area contributed by atoms with E-state index in [2.05, 4.69) is 5.32 Å². The van der Waals surface area contributed by atoms with Crippen LogP contribution >= 0.6 is 0 Å². The van der Waals surface area contributed by atoms with Gasteiger partial charge in [0.15, 0.2) is 0 Å². The van der Waals surface area contributed by atoms with Crippen LogP contribution in [-0.4, -0.2) is 28.8 Å². The quantitative estimate of drug-likeness (QED) is 0.627. The van der Waals surface area contributed by atoms with Gasteiger partial charge in [-0.25, -0.2) is 9.69 Å². The van der Waals surface area contributed by atoms with Crippen molar-refractivity contribution in [2.45, 2.75) is 13.8 Å². The Labute approximate surface area is 177 Å². The molecule has 0 saturated heterocycles. The first-order valence-electron chi connectivity index (χ1n) is 9.52. The fraction of sp³-hybridized carbons (Fsp3) is 0.0833. The zero-order chi connectivity index (χ0) is 22.3. The molecule has 0 bridgehead atoms. The Morgan fingerprint density at radius 1 is 0.871 bits per heavy atom. The van der Waals surface area contributed by atoms with Gasteiger partial charge in [0.2, 0.25) is 0 Å². The molecule has 154 valence electrons. The Kier molecular flexibility index (Phi) is 4.87. The summed E-state index contributed by atoms with van der Waals surface area (Å²) in [4.78, 5) is 51.1. The van der Waals surface area contributed by atoms with Gasteiger partial charge in [0.25, 0.3) is 17.7 Å². The summed E-state index contributed by atoms with van der Waals surface area (Å²) in [5.41, 5.74) is 2.84. The molecule has 0 atom stereocenters. The van der Waals surface area contributed by atoms with Crippen molar-refractivity contribution in [2.75, 3.05) is 10.2 Å². The average molecular weight is 414 g/mol. The molecule has 1 aliphatic heterocycles. The van der Waals surface area contributed by atoms with Crippen LogP contribution in [-0.2, 0) is 0 Å². The van der Waals surface area contributed by atoms with Crippen molar-refractivity contribution in [3.05, 3.63) is 94.0 Å². The first kappa shape index (κ1) is 20.0. The molecule has 3 aromatic rings. The van der Waals surface area contributed by atoms with Crippen molar-refractivity contribution in [3.63, 3.8) is 0 Å². The number of imide groups is 1. The molecule has 1 heterocycles. The third-order valence-corrected chi connectivity index (χ3v) is 5.38. The fourth-order valence-corrected chi connectivity index (χ4v) is 3.53. The summed E-state index contributed by atoms with van der Waals surface area (Å²) in [5, 5.41) is 12.0. The maximum Gasteiger partial charge on any atom is 0.335 e. The van der Waals surface area contributed by atoms with Gasteiger partial charge in [-0.05, 0) is 61.4 Å². The minimum atomic E-state index is -1.20. The number of carboxylic acid groups (broad SMARTS) is 1. The van der Waals surface area contributed by atoms with E-state index in [0.29, 0.717) is 5.69 Å². The van der Waals surface area contributed by atoms with Gasteiger partial charge in [-0.3, -0.25) is 14.4 Å². The smallest absolute Gasteiger partial charge is 0.335 e. The van der Waals surface area contributed by atoms with Gasteiger partial charge in [0.1, 0.15) is 0 Å². The number of rotatable bonds is 4. The topological polar surface area (TPSA) is 104 Å². The predicted octanol–water partition coefficient (Wildman–Crippen LogP) is 4.05. The SMILES string of the molecule is Cc1cccc(NC(=O)c2ccccc2N2C(=O)c3ccc(C(=O)O)cc3C2=O)c1C. The van der Waals surface area contributed by atoms with Crippen LogP contribution in [0.15, 0.2) is 60.7 Å². The average Bonchev–Trinajstić information content (AvgIpc) is 3.01. The number of amides is 3. The first-order chi connectivity index (χ1) is 14.8. The lowest BCUT2D eigenvalue weighted by Crippen LogP contribution is -2.31. The van der Waals surface area contributed by atoms with E-state index < -0.39 is 23.7 Å².